The normalized spacial score (nSPS) is 13.2. The lowest BCUT2D eigenvalue weighted by Gasteiger charge is -2.11. The monoisotopic (exact) mass is 185 g/mol. The summed E-state index contributed by atoms with van der Waals surface area (Å²) < 4.78 is 6.95. The van der Waals surface area contributed by atoms with E-state index in [1.54, 1.807) is 4.68 Å². The van der Waals surface area contributed by atoms with Gasteiger partial charge in [-0.3, -0.25) is 0 Å². The Morgan fingerprint density at radius 2 is 2.38 bits per heavy atom. The predicted octanol–water partition coefficient (Wildman–Crippen LogP) is -0.271. The highest BCUT2D eigenvalue weighted by Crippen LogP contribution is 2.05. The number of ether oxygens (including phenoxy) is 1. The Bertz CT molecular complexity index is 249. The Balaban J connectivity index is 2.59. The second-order valence-electron chi connectivity index (χ2n) is 2.75. The van der Waals surface area contributed by atoms with E-state index in [0.29, 0.717) is 25.6 Å². The molecule has 1 heterocycles. The molecule has 1 aromatic heterocycles. The highest BCUT2D eigenvalue weighted by Gasteiger charge is 2.10. The van der Waals surface area contributed by atoms with Crippen LogP contribution >= 0.6 is 0 Å². The summed E-state index contributed by atoms with van der Waals surface area (Å²) in [5.74, 6) is 0.687. The van der Waals surface area contributed by atoms with Crippen LogP contribution in [0.3, 0.4) is 0 Å². The van der Waals surface area contributed by atoms with E-state index in [1.165, 1.54) is 0 Å². The third-order valence-corrected chi connectivity index (χ3v) is 1.72. The Morgan fingerprint density at radius 3 is 3.00 bits per heavy atom. The van der Waals surface area contributed by atoms with Crippen LogP contribution in [0.1, 0.15) is 25.7 Å². The number of nitrogens with zero attached hydrogens (tertiary/aromatic N) is 4. The summed E-state index contributed by atoms with van der Waals surface area (Å²) in [7, 11) is 0. The maximum absolute atomic E-state index is 5.46. The van der Waals surface area contributed by atoms with Crippen molar-refractivity contribution in [1.29, 1.82) is 0 Å². The molecule has 74 valence electrons. The van der Waals surface area contributed by atoms with Gasteiger partial charge in [0.15, 0.2) is 5.82 Å². The maximum Gasteiger partial charge on any atom is 0.165 e. The molecule has 0 radical (unpaired) electrons. The fraction of sp³-hybridized carbons (Fsp3) is 0.857. The topological polar surface area (TPSA) is 78.8 Å². The van der Waals surface area contributed by atoms with Crippen molar-refractivity contribution in [2.24, 2.45) is 5.73 Å². The molecule has 0 amide bonds. The molecule has 1 atom stereocenters. The smallest absolute Gasteiger partial charge is 0.165 e. The van der Waals surface area contributed by atoms with Gasteiger partial charge < -0.3 is 10.5 Å². The van der Waals surface area contributed by atoms with Crippen molar-refractivity contribution in [1.82, 2.24) is 20.2 Å². The van der Waals surface area contributed by atoms with Crippen molar-refractivity contribution in [3.05, 3.63) is 5.82 Å². The first-order valence-electron chi connectivity index (χ1n) is 4.34. The quantitative estimate of drug-likeness (QED) is 0.683. The zero-order chi connectivity index (χ0) is 9.68. The summed E-state index contributed by atoms with van der Waals surface area (Å²) in [6, 6.07) is 0.133. The summed E-state index contributed by atoms with van der Waals surface area (Å²) in [6.45, 7) is 5.60. The van der Waals surface area contributed by atoms with Crippen LogP contribution in [0.2, 0.25) is 0 Å². The summed E-state index contributed by atoms with van der Waals surface area (Å²) in [5, 5.41) is 11.2. The Kier molecular flexibility index (Phi) is 3.78. The average molecular weight is 185 g/mol. The zero-order valence-corrected chi connectivity index (χ0v) is 7.97. The molecule has 0 spiro atoms. The lowest BCUT2D eigenvalue weighted by Crippen LogP contribution is -2.18. The van der Waals surface area contributed by atoms with Crippen LogP contribution in [-0.4, -0.2) is 33.4 Å². The van der Waals surface area contributed by atoms with Crippen LogP contribution < -0.4 is 5.73 Å². The summed E-state index contributed by atoms with van der Waals surface area (Å²) in [6.07, 6.45) is 0. The third kappa shape index (κ3) is 2.46. The van der Waals surface area contributed by atoms with Crippen molar-refractivity contribution >= 4 is 0 Å². The van der Waals surface area contributed by atoms with Gasteiger partial charge in [0.1, 0.15) is 0 Å². The van der Waals surface area contributed by atoms with Gasteiger partial charge in [-0.05, 0) is 24.3 Å². The molecule has 1 unspecified atom stereocenters. The van der Waals surface area contributed by atoms with Crippen molar-refractivity contribution in [2.45, 2.75) is 26.4 Å². The molecular weight excluding hydrogens is 170 g/mol. The van der Waals surface area contributed by atoms with E-state index in [1.807, 2.05) is 13.8 Å². The summed E-state index contributed by atoms with van der Waals surface area (Å²) in [4.78, 5) is 0. The fourth-order valence-corrected chi connectivity index (χ4v) is 1.05. The molecule has 1 rings (SSSR count). The van der Waals surface area contributed by atoms with Gasteiger partial charge in [0, 0.05) is 6.61 Å². The summed E-state index contributed by atoms with van der Waals surface area (Å²) in [5.41, 5.74) is 5.46. The van der Waals surface area contributed by atoms with Gasteiger partial charge in [-0.15, -0.1) is 5.10 Å². The minimum Gasteiger partial charge on any atom is -0.380 e. The number of tetrazole rings is 1. The van der Waals surface area contributed by atoms with Crippen LogP contribution in [0.4, 0.5) is 0 Å². The van der Waals surface area contributed by atoms with Gasteiger partial charge in [-0.2, -0.15) is 0 Å². The lowest BCUT2D eigenvalue weighted by atomic mass is 10.3. The molecule has 0 saturated heterocycles. The largest absolute Gasteiger partial charge is 0.380 e. The number of nitrogens with two attached hydrogens (primary N) is 1. The van der Waals surface area contributed by atoms with Crippen LogP contribution in [0.5, 0.6) is 0 Å². The number of aromatic nitrogens is 4. The van der Waals surface area contributed by atoms with E-state index in [-0.39, 0.29) is 6.04 Å². The zero-order valence-electron chi connectivity index (χ0n) is 7.97. The van der Waals surface area contributed by atoms with E-state index in [4.69, 9.17) is 10.5 Å². The van der Waals surface area contributed by atoms with Gasteiger partial charge in [0.05, 0.1) is 19.2 Å². The first-order chi connectivity index (χ1) is 6.29. The van der Waals surface area contributed by atoms with Crippen molar-refractivity contribution in [3.8, 4) is 0 Å². The number of hydrogen-bond acceptors (Lipinski definition) is 5. The van der Waals surface area contributed by atoms with Crippen molar-refractivity contribution < 1.29 is 4.74 Å². The summed E-state index contributed by atoms with van der Waals surface area (Å²) >= 11 is 0. The maximum atomic E-state index is 5.46. The van der Waals surface area contributed by atoms with Gasteiger partial charge in [0.25, 0.3) is 0 Å². The highest BCUT2D eigenvalue weighted by molar-refractivity contribution is 4.81. The Morgan fingerprint density at radius 1 is 1.62 bits per heavy atom. The molecular formula is C7H15N5O. The standard InChI is InChI=1S/C7H15N5O/c1-3-13-5-6(2)12-7(4-8)9-10-11-12/h6H,3-5,8H2,1-2H3. The molecule has 0 bridgehead atoms. The first kappa shape index (κ1) is 10.1. The molecule has 0 fully saturated rings. The fourth-order valence-electron chi connectivity index (χ4n) is 1.05. The molecule has 6 heteroatoms. The molecule has 0 aromatic carbocycles. The van der Waals surface area contributed by atoms with Crippen molar-refractivity contribution in [3.63, 3.8) is 0 Å². The number of hydrogen-bond donors (Lipinski definition) is 1. The molecule has 0 aliphatic heterocycles. The van der Waals surface area contributed by atoms with Gasteiger partial charge >= 0.3 is 0 Å². The van der Waals surface area contributed by atoms with E-state index >= 15 is 0 Å². The van der Waals surface area contributed by atoms with Crippen LogP contribution in [0.15, 0.2) is 0 Å². The molecule has 2 N–H and O–H groups in total. The highest BCUT2D eigenvalue weighted by atomic mass is 16.5. The minimum absolute atomic E-state index is 0.133. The van der Waals surface area contributed by atoms with E-state index < -0.39 is 0 Å². The van der Waals surface area contributed by atoms with Gasteiger partial charge in [-0.1, -0.05) is 0 Å². The van der Waals surface area contributed by atoms with E-state index in [2.05, 4.69) is 15.5 Å². The van der Waals surface area contributed by atoms with E-state index in [9.17, 15) is 0 Å². The second kappa shape index (κ2) is 4.88. The van der Waals surface area contributed by atoms with Crippen LogP contribution in [0, 0.1) is 0 Å². The third-order valence-electron chi connectivity index (χ3n) is 1.72. The molecule has 13 heavy (non-hydrogen) atoms. The first-order valence-corrected chi connectivity index (χ1v) is 4.34. The lowest BCUT2D eigenvalue weighted by molar-refractivity contribution is 0.113. The Hall–Kier alpha value is -1.01. The molecule has 0 saturated carbocycles. The minimum atomic E-state index is 0.133. The second-order valence-corrected chi connectivity index (χ2v) is 2.75. The SMILES string of the molecule is CCOCC(C)n1nnnc1CN. The van der Waals surface area contributed by atoms with Crippen LogP contribution in [-0.2, 0) is 11.3 Å². The van der Waals surface area contributed by atoms with Crippen molar-refractivity contribution in [2.75, 3.05) is 13.2 Å². The average Bonchev–Trinajstić information content (AvgIpc) is 2.61. The van der Waals surface area contributed by atoms with E-state index in [0.717, 1.165) is 0 Å². The molecule has 0 aliphatic carbocycles. The van der Waals surface area contributed by atoms with Crippen LogP contribution in [0.25, 0.3) is 0 Å². The Labute approximate surface area is 77.1 Å². The molecule has 6 nitrogen and oxygen atoms in total. The molecule has 1 aromatic rings. The molecule has 0 aliphatic rings. The van der Waals surface area contributed by atoms with Gasteiger partial charge in [0.2, 0.25) is 0 Å². The predicted molar refractivity (Wildman–Crippen MR) is 46.9 cm³/mol. The number of rotatable bonds is 5. The van der Waals surface area contributed by atoms with Gasteiger partial charge in [-0.25, -0.2) is 4.68 Å².